The van der Waals surface area contributed by atoms with Gasteiger partial charge >= 0.3 is 12.1 Å². The van der Waals surface area contributed by atoms with Crippen LogP contribution in [0.2, 0.25) is 0 Å². The molecule has 0 spiro atoms. The molecule has 1 aromatic heterocycles. The first-order valence-electron chi connectivity index (χ1n) is 5.95. The Bertz CT molecular complexity index is 559. The van der Waals surface area contributed by atoms with Crippen LogP contribution in [0.15, 0.2) is 18.3 Å². The lowest BCUT2D eigenvalue weighted by atomic mass is 10.2. The van der Waals surface area contributed by atoms with Crippen LogP contribution in [0.1, 0.15) is 22.5 Å². The van der Waals surface area contributed by atoms with Crippen molar-refractivity contribution in [3.63, 3.8) is 0 Å². The molecule has 0 radical (unpaired) electrons. The zero-order chi connectivity index (χ0) is 15.8. The Labute approximate surface area is 116 Å². The quantitative estimate of drug-likeness (QED) is 0.842. The number of hydrogen-bond acceptors (Lipinski definition) is 4. The number of carbonyl (C=O) groups is 2. The molecule has 21 heavy (non-hydrogen) atoms. The van der Waals surface area contributed by atoms with Gasteiger partial charge in [0.05, 0.1) is 11.7 Å². The molecule has 0 bridgehead atoms. The molecule has 114 valence electrons. The monoisotopic (exact) mass is 304 g/mol. The highest BCUT2D eigenvalue weighted by Gasteiger charge is 2.39. The maximum atomic E-state index is 12.4. The molecular formula is C12H11F3N2O4. The molecular weight excluding hydrogens is 293 g/mol. The number of carboxylic acids is 1. The molecule has 0 aliphatic carbocycles. The topological polar surface area (TPSA) is 90.7 Å². The Kier molecular flexibility index (Phi) is 3.86. The Morgan fingerprint density at radius 3 is 2.48 bits per heavy atom. The summed E-state index contributed by atoms with van der Waals surface area (Å²) in [7, 11) is 0. The fourth-order valence-corrected chi connectivity index (χ4v) is 2.13. The lowest BCUT2D eigenvalue weighted by Crippen LogP contribution is -2.40. The normalized spacial score (nSPS) is 22.4. The van der Waals surface area contributed by atoms with E-state index in [9.17, 15) is 27.9 Å². The molecule has 0 unspecified atom stereocenters. The van der Waals surface area contributed by atoms with Crippen LogP contribution in [0.3, 0.4) is 0 Å². The zero-order valence-electron chi connectivity index (χ0n) is 10.5. The highest BCUT2D eigenvalue weighted by molar-refractivity contribution is 5.96. The fraction of sp³-hybridized carbons (Fsp3) is 0.417. The zero-order valence-corrected chi connectivity index (χ0v) is 10.5. The molecule has 2 atom stereocenters. The lowest BCUT2D eigenvalue weighted by molar-refractivity contribution is -0.142. The summed E-state index contributed by atoms with van der Waals surface area (Å²) in [5.41, 5.74) is -1.31. The number of aromatic nitrogens is 1. The van der Waals surface area contributed by atoms with Crippen LogP contribution in [0.5, 0.6) is 0 Å². The van der Waals surface area contributed by atoms with E-state index in [4.69, 9.17) is 5.11 Å². The van der Waals surface area contributed by atoms with Crippen molar-refractivity contribution in [2.45, 2.75) is 24.7 Å². The van der Waals surface area contributed by atoms with E-state index in [1.165, 1.54) is 0 Å². The Balaban J connectivity index is 2.22. The maximum Gasteiger partial charge on any atom is 0.433 e. The minimum absolute atomic E-state index is 0.116. The van der Waals surface area contributed by atoms with Gasteiger partial charge < -0.3 is 15.1 Å². The molecule has 2 N–H and O–H groups in total. The van der Waals surface area contributed by atoms with E-state index >= 15 is 0 Å². The second-order valence-corrected chi connectivity index (χ2v) is 4.63. The number of amides is 1. The van der Waals surface area contributed by atoms with Crippen molar-refractivity contribution in [2.24, 2.45) is 0 Å². The molecule has 0 saturated carbocycles. The van der Waals surface area contributed by atoms with Gasteiger partial charge in [-0.05, 0) is 12.1 Å². The van der Waals surface area contributed by atoms with Gasteiger partial charge in [-0.1, -0.05) is 0 Å². The number of likely N-dealkylation sites (tertiary alicyclic amines) is 1. The van der Waals surface area contributed by atoms with Crippen molar-refractivity contribution in [2.75, 3.05) is 6.54 Å². The minimum atomic E-state index is -4.62. The van der Waals surface area contributed by atoms with Crippen LogP contribution in [0, 0.1) is 0 Å². The number of carbonyl (C=O) groups excluding carboxylic acids is 1. The Hall–Kier alpha value is -2.16. The molecule has 1 amide bonds. The molecule has 1 saturated heterocycles. The summed E-state index contributed by atoms with van der Waals surface area (Å²) in [6.45, 7) is -0.184. The van der Waals surface area contributed by atoms with Crippen LogP contribution in [0.25, 0.3) is 0 Å². The maximum absolute atomic E-state index is 12.4. The number of β-amino-alcohol motifs (C(OH)–C–C–N with tert-alkyl or cyclic N) is 1. The first-order chi connectivity index (χ1) is 9.70. The van der Waals surface area contributed by atoms with Gasteiger partial charge in [0.2, 0.25) is 0 Å². The number of aliphatic hydroxyl groups is 1. The first kappa shape index (κ1) is 15.2. The third kappa shape index (κ3) is 3.13. The highest BCUT2D eigenvalue weighted by Crippen LogP contribution is 2.28. The van der Waals surface area contributed by atoms with Gasteiger partial charge in [-0.15, -0.1) is 0 Å². The molecule has 2 heterocycles. The molecule has 0 aromatic carbocycles. The van der Waals surface area contributed by atoms with Crippen LogP contribution in [0.4, 0.5) is 13.2 Å². The number of nitrogens with zero attached hydrogens (tertiary/aromatic N) is 2. The smallest absolute Gasteiger partial charge is 0.433 e. The number of carboxylic acid groups (broad SMARTS) is 1. The van der Waals surface area contributed by atoms with Gasteiger partial charge in [0.15, 0.2) is 0 Å². The number of rotatable bonds is 2. The number of hydrogen-bond donors (Lipinski definition) is 2. The predicted octanol–water partition coefficient (Wildman–Crippen LogP) is 0.760. The summed E-state index contributed by atoms with van der Waals surface area (Å²) in [5, 5.41) is 18.4. The SMILES string of the molecule is O=C(O)[C@@H]1C[C@@H](O)CN1C(=O)c1ccc(C(F)(F)F)nc1. The number of pyridine rings is 1. The number of aliphatic carboxylic acids is 1. The molecule has 9 heteroatoms. The standard InChI is InChI=1S/C12H11F3N2O4/c13-12(14,15)9-2-1-6(4-16-9)10(19)17-5-7(18)3-8(17)11(20)21/h1-2,4,7-8,18H,3,5H2,(H,20,21)/t7-,8+/m1/s1. The summed E-state index contributed by atoms with van der Waals surface area (Å²) >= 11 is 0. The van der Waals surface area contributed by atoms with Crippen molar-refractivity contribution < 1.29 is 33.0 Å². The molecule has 1 fully saturated rings. The van der Waals surface area contributed by atoms with Crippen molar-refractivity contribution >= 4 is 11.9 Å². The highest BCUT2D eigenvalue weighted by atomic mass is 19.4. The van der Waals surface area contributed by atoms with Gasteiger partial charge in [-0.3, -0.25) is 9.78 Å². The Morgan fingerprint density at radius 1 is 1.33 bits per heavy atom. The van der Waals surface area contributed by atoms with Crippen molar-refractivity contribution in [1.29, 1.82) is 0 Å². The number of aliphatic hydroxyl groups excluding tert-OH is 1. The van der Waals surface area contributed by atoms with E-state index in [1.807, 2.05) is 0 Å². The molecule has 1 aliphatic rings. The Morgan fingerprint density at radius 2 is 2.00 bits per heavy atom. The second kappa shape index (κ2) is 5.32. The lowest BCUT2D eigenvalue weighted by Gasteiger charge is -2.21. The first-order valence-corrected chi connectivity index (χ1v) is 5.95. The molecule has 1 aromatic rings. The second-order valence-electron chi connectivity index (χ2n) is 4.63. The summed E-state index contributed by atoms with van der Waals surface area (Å²) in [4.78, 5) is 27.2. The summed E-state index contributed by atoms with van der Waals surface area (Å²) < 4.78 is 37.1. The third-order valence-corrected chi connectivity index (χ3v) is 3.13. The van der Waals surface area contributed by atoms with Crippen LogP contribution in [-0.4, -0.2) is 50.7 Å². The number of alkyl halides is 3. The molecule has 6 nitrogen and oxygen atoms in total. The van der Waals surface area contributed by atoms with Gasteiger partial charge in [0.25, 0.3) is 5.91 Å². The third-order valence-electron chi connectivity index (χ3n) is 3.13. The molecule has 2 rings (SSSR count). The van der Waals surface area contributed by atoms with Gasteiger partial charge in [0.1, 0.15) is 11.7 Å². The van der Waals surface area contributed by atoms with Crippen LogP contribution >= 0.6 is 0 Å². The summed E-state index contributed by atoms with van der Waals surface area (Å²) in [5.74, 6) is -2.06. The fourth-order valence-electron chi connectivity index (χ4n) is 2.13. The van der Waals surface area contributed by atoms with Crippen molar-refractivity contribution in [3.8, 4) is 0 Å². The van der Waals surface area contributed by atoms with Crippen molar-refractivity contribution in [1.82, 2.24) is 9.88 Å². The van der Waals surface area contributed by atoms with E-state index < -0.39 is 35.9 Å². The predicted molar refractivity (Wildman–Crippen MR) is 62.3 cm³/mol. The van der Waals surface area contributed by atoms with Crippen molar-refractivity contribution in [3.05, 3.63) is 29.6 Å². The van der Waals surface area contributed by atoms with Gasteiger partial charge in [0, 0.05) is 19.2 Å². The van der Waals surface area contributed by atoms with E-state index in [-0.39, 0.29) is 18.5 Å². The van der Waals surface area contributed by atoms with Crippen LogP contribution < -0.4 is 0 Å². The van der Waals surface area contributed by atoms with Crippen LogP contribution in [-0.2, 0) is 11.0 Å². The van der Waals surface area contributed by atoms with E-state index in [2.05, 4.69) is 4.98 Å². The van der Waals surface area contributed by atoms with Gasteiger partial charge in [-0.25, -0.2) is 4.79 Å². The molecule has 1 aliphatic heterocycles. The minimum Gasteiger partial charge on any atom is -0.480 e. The number of halogens is 3. The summed E-state index contributed by atoms with van der Waals surface area (Å²) in [6, 6.07) is 0.381. The largest absolute Gasteiger partial charge is 0.480 e. The average molecular weight is 304 g/mol. The van der Waals surface area contributed by atoms with E-state index in [1.54, 1.807) is 0 Å². The summed E-state index contributed by atoms with van der Waals surface area (Å²) in [6.07, 6.45) is -4.96. The average Bonchev–Trinajstić information content (AvgIpc) is 2.79. The van der Waals surface area contributed by atoms with Gasteiger partial charge in [-0.2, -0.15) is 13.2 Å². The van der Waals surface area contributed by atoms with E-state index in [0.29, 0.717) is 6.07 Å². The van der Waals surface area contributed by atoms with E-state index in [0.717, 1.165) is 17.2 Å².